The van der Waals surface area contributed by atoms with Crippen molar-refractivity contribution in [2.45, 2.75) is 0 Å². The Bertz CT molecular complexity index is 3790. The Morgan fingerprint density at radius 3 is 1.52 bits per heavy atom. The molecular weight excluding hydrogens is 743 g/mol. The standard InChI is InChI=1S/C56H33N5/c1-57-38-30-31-53-47(33-38)44-22-8-12-27-51(44)59(53)39-19-14-18-37(32-39)41-24-15-29-54(55(41)58-2)61-52-28-13-9-23-45(52)48-35-40(34-46(56(48)61)36-16-4-3-5-17-36)60-49-25-10-6-20-42(49)43-21-7-11-26-50(43)60/h3-35H. The monoisotopic (exact) mass is 775 g/mol. The van der Waals surface area contributed by atoms with Gasteiger partial charge in [0, 0.05) is 43.9 Å². The quantitative estimate of drug-likeness (QED) is 0.156. The first-order chi connectivity index (χ1) is 30.2. The molecule has 0 radical (unpaired) electrons. The molecular formula is C56H33N5. The van der Waals surface area contributed by atoms with Crippen molar-refractivity contribution >= 4 is 76.8 Å². The number of hydrogen-bond donors (Lipinski definition) is 0. The van der Waals surface area contributed by atoms with Crippen molar-refractivity contribution in [1.29, 1.82) is 0 Å². The minimum Gasteiger partial charge on any atom is -0.318 e. The molecule has 0 saturated carbocycles. The fraction of sp³-hybridized carbons (Fsp3) is 0. The van der Waals surface area contributed by atoms with Gasteiger partial charge >= 0.3 is 0 Å². The Kier molecular flexibility index (Phi) is 7.59. The summed E-state index contributed by atoms with van der Waals surface area (Å²) in [5.41, 5.74) is 14.6. The summed E-state index contributed by atoms with van der Waals surface area (Å²) >= 11 is 0. The fourth-order valence-electron chi connectivity index (χ4n) is 9.68. The average molecular weight is 776 g/mol. The maximum atomic E-state index is 8.82. The highest BCUT2D eigenvalue weighted by Crippen LogP contribution is 2.45. The molecule has 5 heteroatoms. The van der Waals surface area contributed by atoms with Crippen LogP contribution >= 0.6 is 0 Å². The molecule has 0 unspecified atom stereocenters. The van der Waals surface area contributed by atoms with Crippen LogP contribution in [-0.4, -0.2) is 13.7 Å². The van der Waals surface area contributed by atoms with Gasteiger partial charge in [0.25, 0.3) is 0 Å². The molecule has 282 valence electrons. The van der Waals surface area contributed by atoms with Gasteiger partial charge in [0.05, 0.1) is 51.9 Å². The van der Waals surface area contributed by atoms with E-state index in [1.807, 2.05) is 24.3 Å². The highest BCUT2D eigenvalue weighted by Gasteiger charge is 2.23. The Morgan fingerprint density at radius 1 is 0.328 bits per heavy atom. The van der Waals surface area contributed by atoms with Crippen molar-refractivity contribution in [2.75, 3.05) is 0 Å². The predicted molar refractivity (Wildman–Crippen MR) is 253 cm³/mol. The third kappa shape index (κ3) is 5.12. The molecule has 12 rings (SSSR count). The first-order valence-corrected chi connectivity index (χ1v) is 20.3. The van der Waals surface area contributed by atoms with Crippen LogP contribution in [-0.2, 0) is 0 Å². The molecule has 0 aliphatic rings. The third-order valence-corrected chi connectivity index (χ3v) is 12.2. The second-order valence-electron chi connectivity index (χ2n) is 15.5. The Balaban J connectivity index is 1.12. The van der Waals surface area contributed by atoms with Crippen molar-refractivity contribution in [3.8, 4) is 39.3 Å². The first-order valence-electron chi connectivity index (χ1n) is 20.3. The number of benzene rings is 9. The van der Waals surface area contributed by atoms with E-state index in [1.54, 1.807) is 0 Å². The average Bonchev–Trinajstić information content (AvgIpc) is 3.97. The highest BCUT2D eigenvalue weighted by atomic mass is 15.0. The molecule has 0 aliphatic heterocycles. The van der Waals surface area contributed by atoms with Crippen LogP contribution in [0.2, 0.25) is 0 Å². The molecule has 0 bridgehead atoms. The van der Waals surface area contributed by atoms with Crippen molar-refractivity contribution in [2.24, 2.45) is 0 Å². The fourth-order valence-corrected chi connectivity index (χ4v) is 9.68. The van der Waals surface area contributed by atoms with Crippen LogP contribution in [0.25, 0.3) is 114 Å². The third-order valence-electron chi connectivity index (χ3n) is 12.2. The van der Waals surface area contributed by atoms with Crippen molar-refractivity contribution in [3.05, 3.63) is 223 Å². The minimum atomic E-state index is 0.580. The van der Waals surface area contributed by atoms with Crippen LogP contribution in [0.5, 0.6) is 0 Å². The van der Waals surface area contributed by atoms with E-state index in [4.69, 9.17) is 13.1 Å². The van der Waals surface area contributed by atoms with Gasteiger partial charge in [0.15, 0.2) is 5.69 Å². The lowest BCUT2D eigenvalue weighted by atomic mass is 9.99. The normalized spacial score (nSPS) is 11.6. The summed E-state index contributed by atoms with van der Waals surface area (Å²) in [7, 11) is 0. The van der Waals surface area contributed by atoms with E-state index in [0.717, 1.165) is 94.0 Å². The second kappa shape index (κ2) is 13.5. The van der Waals surface area contributed by atoms with E-state index in [-0.39, 0.29) is 0 Å². The molecule has 61 heavy (non-hydrogen) atoms. The summed E-state index contributed by atoms with van der Waals surface area (Å²) in [5, 5.41) is 6.81. The molecule has 3 aromatic heterocycles. The van der Waals surface area contributed by atoms with Gasteiger partial charge in [-0.2, -0.15) is 0 Å². The number of para-hydroxylation sites is 5. The molecule has 0 atom stereocenters. The summed E-state index contributed by atoms with van der Waals surface area (Å²) in [4.78, 5) is 8.07. The van der Waals surface area contributed by atoms with Crippen molar-refractivity contribution < 1.29 is 0 Å². The topological polar surface area (TPSA) is 23.5 Å². The number of fused-ring (bicyclic) bond motifs is 9. The van der Waals surface area contributed by atoms with Gasteiger partial charge in [-0.05, 0) is 88.8 Å². The van der Waals surface area contributed by atoms with Gasteiger partial charge in [0.2, 0.25) is 5.69 Å². The van der Waals surface area contributed by atoms with Crippen LogP contribution in [0.4, 0.5) is 11.4 Å². The van der Waals surface area contributed by atoms with E-state index < -0.39 is 0 Å². The minimum absolute atomic E-state index is 0.580. The van der Waals surface area contributed by atoms with Crippen LogP contribution in [0.15, 0.2) is 200 Å². The molecule has 12 aromatic rings. The van der Waals surface area contributed by atoms with Crippen molar-refractivity contribution in [3.63, 3.8) is 0 Å². The SMILES string of the molecule is [C-]#[N+]c1ccc2c(c1)c1ccccc1n2-c1cccc(-c2cccc(-n3c4ccccc4c4cc(-n5c6ccccc6c6ccccc65)cc(-c5ccccc5)c43)c2[N+]#[C-])c1. The summed E-state index contributed by atoms with van der Waals surface area (Å²) in [5.74, 6) is 0. The Hall–Kier alpha value is -8.64. The summed E-state index contributed by atoms with van der Waals surface area (Å²) in [6.07, 6.45) is 0. The lowest BCUT2D eigenvalue weighted by molar-refractivity contribution is 1.17. The van der Waals surface area contributed by atoms with E-state index in [0.29, 0.717) is 11.4 Å². The molecule has 5 nitrogen and oxygen atoms in total. The zero-order valence-electron chi connectivity index (χ0n) is 32.8. The smallest absolute Gasteiger partial charge is 0.218 e. The van der Waals surface area contributed by atoms with E-state index >= 15 is 0 Å². The molecule has 0 N–H and O–H groups in total. The van der Waals surface area contributed by atoms with E-state index in [2.05, 4.69) is 199 Å². The van der Waals surface area contributed by atoms with Crippen LogP contribution in [0.3, 0.4) is 0 Å². The van der Waals surface area contributed by atoms with Gasteiger partial charge in [0.1, 0.15) is 0 Å². The zero-order valence-corrected chi connectivity index (χ0v) is 32.8. The lowest BCUT2D eigenvalue weighted by Gasteiger charge is -2.17. The first kappa shape index (κ1) is 34.4. The molecule has 0 fully saturated rings. The molecule has 0 spiro atoms. The Labute approximate surface area is 351 Å². The van der Waals surface area contributed by atoms with Gasteiger partial charge in [-0.15, -0.1) is 0 Å². The zero-order chi connectivity index (χ0) is 40.6. The number of nitrogens with zero attached hydrogens (tertiary/aromatic N) is 5. The van der Waals surface area contributed by atoms with E-state index in [9.17, 15) is 0 Å². The number of rotatable bonds is 5. The maximum absolute atomic E-state index is 8.82. The van der Waals surface area contributed by atoms with Gasteiger partial charge < -0.3 is 13.7 Å². The second-order valence-corrected chi connectivity index (χ2v) is 15.5. The Morgan fingerprint density at radius 2 is 0.869 bits per heavy atom. The molecule has 0 aliphatic carbocycles. The molecule has 9 aromatic carbocycles. The largest absolute Gasteiger partial charge is 0.318 e. The highest BCUT2D eigenvalue weighted by molar-refractivity contribution is 6.16. The van der Waals surface area contributed by atoms with Crippen LogP contribution in [0, 0.1) is 13.1 Å². The molecule has 0 saturated heterocycles. The molecule has 0 amide bonds. The number of aromatic nitrogens is 3. The van der Waals surface area contributed by atoms with Crippen molar-refractivity contribution in [1.82, 2.24) is 13.7 Å². The lowest BCUT2D eigenvalue weighted by Crippen LogP contribution is -1.99. The van der Waals surface area contributed by atoms with Crippen LogP contribution < -0.4 is 0 Å². The molecule has 3 heterocycles. The van der Waals surface area contributed by atoms with Gasteiger partial charge in [-0.1, -0.05) is 133 Å². The summed E-state index contributed by atoms with van der Waals surface area (Å²) in [6.45, 7) is 16.5. The predicted octanol–water partition coefficient (Wildman–Crippen LogP) is 15.4. The number of hydrogen-bond acceptors (Lipinski definition) is 0. The van der Waals surface area contributed by atoms with Gasteiger partial charge in [-0.25, -0.2) is 9.69 Å². The summed E-state index contributed by atoms with van der Waals surface area (Å²) < 4.78 is 6.96. The van der Waals surface area contributed by atoms with Crippen LogP contribution in [0.1, 0.15) is 0 Å². The summed E-state index contributed by atoms with van der Waals surface area (Å²) in [6, 6.07) is 70.1. The van der Waals surface area contributed by atoms with E-state index in [1.165, 1.54) is 10.8 Å². The maximum Gasteiger partial charge on any atom is 0.218 e. The van der Waals surface area contributed by atoms with Gasteiger partial charge in [-0.3, -0.25) is 0 Å².